The molecule has 1 aliphatic heterocycles. The molecule has 4 heteroatoms. The SMILES string of the molecule is CC(C)CN1CCN(c2ccnc(CNC(C)C)c2)CC1. The number of piperazine rings is 1. The van der Waals surface area contributed by atoms with Gasteiger partial charge in [-0.1, -0.05) is 27.7 Å². The first kappa shape index (κ1) is 16.2. The van der Waals surface area contributed by atoms with Gasteiger partial charge in [-0.25, -0.2) is 0 Å². The van der Waals surface area contributed by atoms with E-state index in [0.29, 0.717) is 6.04 Å². The van der Waals surface area contributed by atoms with E-state index in [1.54, 1.807) is 0 Å². The molecule has 0 aromatic carbocycles. The van der Waals surface area contributed by atoms with E-state index in [2.05, 4.69) is 59.9 Å². The second kappa shape index (κ2) is 7.76. The summed E-state index contributed by atoms with van der Waals surface area (Å²) in [5.74, 6) is 0.756. The third-order valence-electron chi connectivity index (χ3n) is 3.85. The Morgan fingerprint density at radius 3 is 2.48 bits per heavy atom. The molecule has 0 saturated carbocycles. The van der Waals surface area contributed by atoms with Crippen molar-refractivity contribution in [2.45, 2.75) is 40.3 Å². The van der Waals surface area contributed by atoms with Crippen LogP contribution in [0.25, 0.3) is 0 Å². The molecule has 1 fully saturated rings. The van der Waals surface area contributed by atoms with Crippen molar-refractivity contribution in [2.75, 3.05) is 37.6 Å². The van der Waals surface area contributed by atoms with E-state index in [4.69, 9.17) is 0 Å². The maximum atomic E-state index is 4.46. The highest BCUT2D eigenvalue weighted by molar-refractivity contribution is 5.47. The Morgan fingerprint density at radius 2 is 1.86 bits per heavy atom. The highest BCUT2D eigenvalue weighted by atomic mass is 15.3. The largest absolute Gasteiger partial charge is 0.369 e. The first-order valence-corrected chi connectivity index (χ1v) is 8.20. The molecule has 2 rings (SSSR count). The summed E-state index contributed by atoms with van der Waals surface area (Å²) in [6, 6.07) is 4.86. The predicted octanol–water partition coefficient (Wildman–Crippen LogP) is 2.36. The zero-order chi connectivity index (χ0) is 15.2. The number of anilines is 1. The molecule has 1 saturated heterocycles. The molecule has 1 N–H and O–H groups in total. The Labute approximate surface area is 129 Å². The minimum atomic E-state index is 0.495. The molecule has 0 radical (unpaired) electrons. The number of nitrogens with one attached hydrogen (secondary N) is 1. The summed E-state index contributed by atoms with van der Waals surface area (Å²) in [6.07, 6.45) is 1.94. The van der Waals surface area contributed by atoms with Crippen LogP contribution < -0.4 is 10.2 Å². The first-order chi connectivity index (χ1) is 10.0. The number of pyridine rings is 1. The molecular formula is C17H30N4. The van der Waals surface area contributed by atoms with Crippen molar-refractivity contribution < 1.29 is 0 Å². The maximum Gasteiger partial charge on any atom is 0.0562 e. The Hall–Kier alpha value is -1.13. The van der Waals surface area contributed by atoms with Gasteiger partial charge < -0.3 is 10.2 Å². The lowest BCUT2D eigenvalue weighted by Gasteiger charge is -2.36. The summed E-state index contributed by atoms with van der Waals surface area (Å²) >= 11 is 0. The van der Waals surface area contributed by atoms with Crippen molar-refractivity contribution in [1.29, 1.82) is 0 Å². The molecule has 0 unspecified atom stereocenters. The molecule has 4 nitrogen and oxygen atoms in total. The molecule has 21 heavy (non-hydrogen) atoms. The van der Waals surface area contributed by atoms with Gasteiger partial charge in [0.25, 0.3) is 0 Å². The van der Waals surface area contributed by atoms with Crippen molar-refractivity contribution in [3.8, 4) is 0 Å². The molecule has 0 atom stereocenters. The van der Waals surface area contributed by atoms with Crippen LogP contribution in [0.3, 0.4) is 0 Å². The summed E-state index contributed by atoms with van der Waals surface area (Å²) < 4.78 is 0. The van der Waals surface area contributed by atoms with Crippen LogP contribution >= 0.6 is 0 Å². The number of hydrogen-bond donors (Lipinski definition) is 1. The topological polar surface area (TPSA) is 31.4 Å². The zero-order valence-corrected chi connectivity index (χ0v) is 14.0. The lowest BCUT2D eigenvalue weighted by atomic mass is 10.2. The van der Waals surface area contributed by atoms with Gasteiger partial charge in [-0.3, -0.25) is 9.88 Å². The molecular weight excluding hydrogens is 260 g/mol. The summed E-state index contributed by atoms with van der Waals surface area (Å²) in [5.41, 5.74) is 2.44. The Balaban J connectivity index is 1.89. The van der Waals surface area contributed by atoms with E-state index >= 15 is 0 Å². The maximum absolute atomic E-state index is 4.46. The third kappa shape index (κ3) is 5.29. The Kier molecular flexibility index (Phi) is 6.00. The average molecular weight is 290 g/mol. The third-order valence-corrected chi connectivity index (χ3v) is 3.85. The molecule has 1 aromatic rings. The van der Waals surface area contributed by atoms with Crippen LogP contribution in [-0.2, 0) is 6.54 Å². The molecule has 1 aliphatic rings. The van der Waals surface area contributed by atoms with Gasteiger partial charge in [0, 0.05) is 57.2 Å². The smallest absolute Gasteiger partial charge is 0.0562 e. The number of nitrogens with zero attached hydrogens (tertiary/aromatic N) is 3. The van der Waals surface area contributed by atoms with Crippen molar-refractivity contribution in [2.24, 2.45) is 5.92 Å². The predicted molar refractivity (Wildman–Crippen MR) is 89.7 cm³/mol. The summed E-state index contributed by atoms with van der Waals surface area (Å²) in [7, 11) is 0. The van der Waals surface area contributed by atoms with E-state index in [1.165, 1.54) is 25.3 Å². The second-order valence-corrected chi connectivity index (χ2v) is 6.72. The highest BCUT2D eigenvalue weighted by Crippen LogP contribution is 2.17. The lowest BCUT2D eigenvalue weighted by molar-refractivity contribution is 0.231. The van der Waals surface area contributed by atoms with Gasteiger partial charge in [0.05, 0.1) is 5.69 Å². The minimum Gasteiger partial charge on any atom is -0.369 e. The monoisotopic (exact) mass is 290 g/mol. The van der Waals surface area contributed by atoms with Crippen molar-refractivity contribution in [1.82, 2.24) is 15.2 Å². The van der Waals surface area contributed by atoms with Gasteiger partial charge >= 0.3 is 0 Å². The highest BCUT2D eigenvalue weighted by Gasteiger charge is 2.18. The fourth-order valence-electron chi connectivity index (χ4n) is 2.77. The number of aromatic nitrogens is 1. The van der Waals surface area contributed by atoms with Crippen LogP contribution in [0.2, 0.25) is 0 Å². The van der Waals surface area contributed by atoms with Gasteiger partial charge in [-0.15, -0.1) is 0 Å². The summed E-state index contributed by atoms with van der Waals surface area (Å²) in [5, 5.41) is 3.43. The quantitative estimate of drug-likeness (QED) is 0.871. The van der Waals surface area contributed by atoms with Crippen LogP contribution in [0.5, 0.6) is 0 Å². The van der Waals surface area contributed by atoms with Crippen LogP contribution in [0.15, 0.2) is 18.3 Å². The molecule has 0 aliphatic carbocycles. The molecule has 0 spiro atoms. The molecule has 1 aromatic heterocycles. The Morgan fingerprint density at radius 1 is 1.14 bits per heavy atom. The molecule has 118 valence electrons. The number of rotatable bonds is 6. The van der Waals surface area contributed by atoms with Crippen molar-refractivity contribution in [3.05, 3.63) is 24.0 Å². The van der Waals surface area contributed by atoms with Gasteiger partial charge in [-0.05, 0) is 18.1 Å². The minimum absolute atomic E-state index is 0.495. The van der Waals surface area contributed by atoms with Crippen LogP contribution in [0.1, 0.15) is 33.4 Å². The van der Waals surface area contributed by atoms with E-state index in [1.807, 2.05) is 6.20 Å². The van der Waals surface area contributed by atoms with Crippen molar-refractivity contribution >= 4 is 5.69 Å². The fourth-order valence-corrected chi connectivity index (χ4v) is 2.77. The van der Waals surface area contributed by atoms with E-state index in [9.17, 15) is 0 Å². The summed E-state index contributed by atoms with van der Waals surface area (Å²) in [4.78, 5) is 9.52. The Bertz CT molecular complexity index is 423. The van der Waals surface area contributed by atoms with Gasteiger partial charge in [0.1, 0.15) is 0 Å². The molecule has 2 heterocycles. The van der Waals surface area contributed by atoms with Gasteiger partial charge in [-0.2, -0.15) is 0 Å². The van der Waals surface area contributed by atoms with Crippen LogP contribution in [0.4, 0.5) is 5.69 Å². The van der Waals surface area contributed by atoms with Crippen molar-refractivity contribution in [3.63, 3.8) is 0 Å². The summed E-state index contributed by atoms with van der Waals surface area (Å²) in [6.45, 7) is 15.6. The van der Waals surface area contributed by atoms with Gasteiger partial charge in [0.15, 0.2) is 0 Å². The zero-order valence-electron chi connectivity index (χ0n) is 14.0. The number of hydrogen-bond acceptors (Lipinski definition) is 4. The van der Waals surface area contributed by atoms with Gasteiger partial charge in [0.2, 0.25) is 0 Å². The normalized spacial score (nSPS) is 17.0. The van der Waals surface area contributed by atoms with Crippen LogP contribution in [0, 0.1) is 5.92 Å². The molecule has 0 amide bonds. The van der Waals surface area contributed by atoms with E-state index < -0.39 is 0 Å². The first-order valence-electron chi connectivity index (χ1n) is 8.20. The molecule has 0 bridgehead atoms. The van der Waals surface area contributed by atoms with Crippen LogP contribution in [-0.4, -0.2) is 48.6 Å². The fraction of sp³-hybridized carbons (Fsp3) is 0.706. The van der Waals surface area contributed by atoms with E-state index in [-0.39, 0.29) is 0 Å². The average Bonchev–Trinajstić information content (AvgIpc) is 2.45. The lowest BCUT2D eigenvalue weighted by Crippen LogP contribution is -2.47. The standard InChI is InChI=1S/C17H30N4/c1-14(2)13-20-7-9-21(10-8-20)17-5-6-18-16(11-17)12-19-15(3)4/h5-6,11,14-15,19H,7-10,12-13H2,1-4H3. The second-order valence-electron chi connectivity index (χ2n) is 6.72. The van der Waals surface area contributed by atoms with E-state index in [0.717, 1.165) is 31.2 Å².